The molecule has 14 heavy (non-hydrogen) atoms. The SMILES string of the molecule is CNC(=O)C1CCCC(CC(C)C)C1. The summed E-state index contributed by atoms with van der Waals surface area (Å²) in [6, 6.07) is 0. The largest absolute Gasteiger partial charge is 0.359 e. The van der Waals surface area contributed by atoms with Crippen LogP contribution in [-0.2, 0) is 4.79 Å². The predicted molar refractivity (Wildman–Crippen MR) is 59.0 cm³/mol. The molecule has 0 aromatic rings. The molecule has 0 saturated heterocycles. The van der Waals surface area contributed by atoms with Crippen molar-refractivity contribution in [2.75, 3.05) is 7.05 Å². The third-order valence-electron chi connectivity index (χ3n) is 3.20. The molecule has 0 heterocycles. The lowest BCUT2D eigenvalue weighted by Crippen LogP contribution is -2.31. The summed E-state index contributed by atoms with van der Waals surface area (Å²) in [5.41, 5.74) is 0. The van der Waals surface area contributed by atoms with Gasteiger partial charge in [-0.3, -0.25) is 4.79 Å². The fraction of sp³-hybridized carbons (Fsp3) is 0.917. The summed E-state index contributed by atoms with van der Waals surface area (Å²) in [4.78, 5) is 11.5. The highest BCUT2D eigenvalue weighted by molar-refractivity contribution is 5.78. The number of rotatable bonds is 3. The third kappa shape index (κ3) is 3.32. The van der Waals surface area contributed by atoms with Crippen molar-refractivity contribution in [2.45, 2.75) is 46.0 Å². The van der Waals surface area contributed by atoms with Gasteiger partial charge in [-0.2, -0.15) is 0 Å². The molecule has 2 unspecified atom stereocenters. The minimum Gasteiger partial charge on any atom is -0.359 e. The first-order valence-corrected chi connectivity index (χ1v) is 5.85. The van der Waals surface area contributed by atoms with Crippen LogP contribution in [0.4, 0.5) is 0 Å². The lowest BCUT2D eigenvalue weighted by Gasteiger charge is -2.29. The average Bonchev–Trinajstić information content (AvgIpc) is 2.16. The third-order valence-corrected chi connectivity index (χ3v) is 3.20. The molecule has 1 amide bonds. The molecular formula is C12H23NO. The van der Waals surface area contributed by atoms with E-state index in [1.165, 1.54) is 19.3 Å². The van der Waals surface area contributed by atoms with Crippen LogP contribution in [0.3, 0.4) is 0 Å². The fourth-order valence-corrected chi connectivity index (χ4v) is 2.61. The molecule has 2 atom stereocenters. The molecule has 1 N–H and O–H groups in total. The number of carbonyl (C=O) groups excluding carboxylic acids is 1. The predicted octanol–water partition coefficient (Wildman–Crippen LogP) is 2.58. The molecule has 0 aliphatic heterocycles. The van der Waals surface area contributed by atoms with Crippen molar-refractivity contribution in [3.63, 3.8) is 0 Å². The molecule has 1 aliphatic carbocycles. The van der Waals surface area contributed by atoms with Crippen LogP contribution in [0.15, 0.2) is 0 Å². The Morgan fingerprint density at radius 2 is 2.14 bits per heavy atom. The Balaban J connectivity index is 2.39. The lowest BCUT2D eigenvalue weighted by molar-refractivity contribution is -0.126. The van der Waals surface area contributed by atoms with E-state index in [2.05, 4.69) is 19.2 Å². The van der Waals surface area contributed by atoms with E-state index in [1.807, 2.05) is 0 Å². The van der Waals surface area contributed by atoms with Gasteiger partial charge in [-0.1, -0.05) is 26.7 Å². The Morgan fingerprint density at radius 3 is 2.71 bits per heavy atom. The molecule has 2 nitrogen and oxygen atoms in total. The number of hydrogen-bond donors (Lipinski definition) is 1. The van der Waals surface area contributed by atoms with Crippen LogP contribution in [-0.4, -0.2) is 13.0 Å². The first kappa shape index (κ1) is 11.5. The zero-order valence-electron chi connectivity index (χ0n) is 9.68. The lowest BCUT2D eigenvalue weighted by atomic mass is 9.77. The quantitative estimate of drug-likeness (QED) is 0.740. The number of amides is 1. The highest BCUT2D eigenvalue weighted by Gasteiger charge is 2.26. The zero-order chi connectivity index (χ0) is 10.6. The molecule has 1 aliphatic rings. The molecule has 82 valence electrons. The Morgan fingerprint density at radius 1 is 1.43 bits per heavy atom. The summed E-state index contributed by atoms with van der Waals surface area (Å²) in [5.74, 6) is 2.09. The van der Waals surface area contributed by atoms with E-state index in [1.54, 1.807) is 7.05 Å². The molecule has 1 fully saturated rings. The maximum atomic E-state index is 11.5. The van der Waals surface area contributed by atoms with Crippen molar-refractivity contribution in [3.05, 3.63) is 0 Å². The monoisotopic (exact) mass is 197 g/mol. The summed E-state index contributed by atoms with van der Waals surface area (Å²) >= 11 is 0. The molecule has 0 bridgehead atoms. The Kier molecular flexibility index (Phi) is 4.43. The Hall–Kier alpha value is -0.530. The maximum Gasteiger partial charge on any atom is 0.222 e. The van der Waals surface area contributed by atoms with Gasteiger partial charge in [0, 0.05) is 13.0 Å². The summed E-state index contributed by atoms with van der Waals surface area (Å²) in [6.07, 6.45) is 6.04. The van der Waals surface area contributed by atoms with Crippen molar-refractivity contribution in [1.82, 2.24) is 5.32 Å². The summed E-state index contributed by atoms with van der Waals surface area (Å²) in [5, 5.41) is 2.77. The number of hydrogen-bond acceptors (Lipinski definition) is 1. The molecule has 1 rings (SSSR count). The smallest absolute Gasteiger partial charge is 0.222 e. The number of carbonyl (C=O) groups is 1. The van der Waals surface area contributed by atoms with Gasteiger partial charge < -0.3 is 5.32 Å². The first-order valence-electron chi connectivity index (χ1n) is 5.85. The first-order chi connectivity index (χ1) is 6.63. The van der Waals surface area contributed by atoms with Crippen LogP contribution in [0.1, 0.15) is 46.0 Å². The van der Waals surface area contributed by atoms with E-state index in [-0.39, 0.29) is 11.8 Å². The van der Waals surface area contributed by atoms with Crippen LogP contribution in [0.25, 0.3) is 0 Å². The summed E-state index contributed by atoms with van der Waals surface area (Å²) < 4.78 is 0. The van der Waals surface area contributed by atoms with Crippen LogP contribution in [0, 0.1) is 17.8 Å². The van der Waals surface area contributed by atoms with Gasteiger partial charge in [0.15, 0.2) is 0 Å². The van der Waals surface area contributed by atoms with Gasteiger partial charge in [0.25, 0.3) is 0 Å². The van der Waals surface area contributed by atoms with Gasteiger partial charge in [0.1, 0.15) is 0 Å². The molecule has 0 spiro atoms. The van der Waals surface area contributed by atoms with Crippen molar-refractivity contribution in [3.8, 4) is 0 Å². The molecule has 2 heteroatoms. The van der Waals surface area contributed by atoms with E-state index < -0.39 is 0 Å². The maximum absolute atomic E-state index is 11.5. The van der Waals surface area contributed by atoms with E-state index in [0.717, 1.165) is 24.7 Å². The van der Waals surface area contributed by atoms with Crippen molar-refractivity contribution in [2.24, 2.45) is 17.8 Å². The normalized spacial score (nSPS) is 27.7. The van der Waals surface area contributed by atoms with Gasteiger partial charge in [0.2, 0.25) is 5.91 Å². The van der Waals surface area contributed by atoms with Crippen molar-refractivity contribution >= 4 is 5.91 Å². The molecule has 0 radical (unpaired) electrons. The van der Waals surface area contributed by atoms with Crippen molar-refractivity contribution < 1.29 is 4.79 Å². The van der Waals surface area contributed by atoms with Crippen LogP contribution in [0.2, 0.25) is 0 Å². The highest BCUT2D eigenvalue weighted by Crippen LogP contribution is 2.32. The van der Waals surface area contributed by atoms with Gasteiger partial charge in [0.05, 0.1) is 0 Å². The summed E-state index contributed by atoms with van der Waals surface area (Å²) in [7, 11) is 1.74. The zero-order valence-corrected chi connectivity index (χ0v) is 9.68. The summed E-state index contributed by atoms with van der Waals surface area (Å²) in [6.45, 7) is 4.53. The van der Waals surface area contributed by atoms with Crippen molar-refractivity contribution in [1.29, 1.82) is 0 Å². The molecule has 1 saturated carbocycles. The van der Waals surface area contributed by atoms with E-state index in [9.17, 15) is 4.79 Å². The topological polar surface area (TPSA) is 29.1 Å². The minimum atomic E-state index is 0.249. The van der Waals surface area contributed by atoms with E-state index in [4.69, 9.17) is 0 Å². The molecular weight excluding hydrogens is 174 g/mol. The minimum absolute atomic E-state index is 0.249. The van der Waals surface area contributed by atoms with Gasteiger partial charge >= 0.3 is 0 Å². The molecule has 0 aromatic heterocycles. The Labute approximate surface area is 87.5 Å². The van der Waals surface area contributed by atoms with E-state index in [0.29, 0.717) is 0 Å². The molecule has 0 aromatic carbocycles. The van der Waals surface area contributed by atoms with E-state index >= 15 is 0 Å². The van der Waals surface area contributed by atoms with Gasteiger partial charge in [-0.25, -0.2) is 0 Å². The van der Waals surface area contributed by atoms with Crippen LogP contribution >= 0.6 is 0 Å². The standard InChI is InChI=1S/C12H23NO/c1-9(2)7-10-5-4-6-11(8-10)12(14)13-3/h9-11H,4-8H2,1-3H3,(H,13,14). The average molecular weight is 197 g/mol. The van der Waals surface area contributed by atoms with Crippen LogP contribution < -0.4 is 5.32 Å². The fourth-order valence-electron chi connectivity index (χ4n) is 2.61. The second-order valence-corrected chi connectivity index (χ2v) is 4.97. The number of nitrogens with one attached hydrogen (secondary N) is 1. The Bertz CT molecular complexity index is 189. The second kappa shape index (κ2) is 5.38. The second-order valence-electron chi connectivity index (χ2n) is 4.97. The van der Waals surface area contributed by atoms with Gasteiger partial charge in [-0.15, -0.1) is 0 Å². The van der Waals surface area contributed by atoms with Crippen LogP contribution in [0.5, 0.6) is 0 Å². The highest BCUT2D eigenvalue weighted by atomic mass is 16.1. The van der Waals surface area contributed by atoms with Gasteiger partial charge in [-0.05, 0) is 31.1 Å².